The van der Waals surface area contributed by atoms with Crippen LogP contribution in [0.3, 0.4) is 0 Å². The summed E-state index contributed by atoms with van der Waals surface area (Å²) in [6.07, 6.45) is -10.5. The Balaban J connectivity index is 3.63. The molecule has 1 aromatic carbocycles. The van der Waals surface area contributed by atoms with Crippen LogP contribution in [0.1, 0.15) is 21.5 Å². The minimum absolute atomic E-state index is 0.111. The standard InChI is InChI=1S/C10H5BrF6O2/c1-19-8(18)4-2-5(9(12,13)14)7(6(11)3-4)10(15,16)17/h2-3H,1H3. The number of halogens is 7. The highest BCUT2D eigenvalue weighted by atomic mass is 79.9. The number of benzene rings is 1. The molecule has 0 spiro atoms. The highest BCUT2D eigenvalue weighted by Gasteiger charge is 2.45. The van der Waals surface area contributed by atoms with Crippen LogP contribution in [0, 0.1) is 0 Å². The summed E-state index contributed by atoms with van der Waals surface area (Å²) in [7, 11) is 0.904. The quantitative estimate of drug-likeness (QED) is 0.558. The molecule has 0 unspecified atom stereocenters. The molecule has 0 saturated carbocycles. The lowest BCUT2D eigenvalue weighted by Crippen LogP contribution is -2.19. The summed E-state index contributed by atoms with van der Waals surface area (Å²) in [4.78, 5) is 11.1. The first kappa shape index (κ1) is 15.8. The molecule has 0 aliphatic rings. The Kier molecular flexibility index (Phi) is 4.18. The number of methoxy groups -OCH3 is 1. The van der Waals surface area contributed by atoms with E-state index in [9.17, 15) is 31.1 Å². The molecule has 0 aliphatic heterocycles. The van der Waals surface area contributed by atoms with Gasteiger partial charge in [0.05, 0.1) is 23.8 Å². The van der Waals surface area contributed by atoms with Crippen molar-refractivity contribution in [2.45, 2.75) is 12.4 Å². The summed E-state index contributed by atoms with van der Waals surface area (Å²) in [6, 6.07) is 0.739. The van der Waals surface area contributed by atoms with Crippen molar-refractivity contribution in [1.29, 1.82) is 0 Å². The van der Waals surface area contributed by atoms with Crippen LogP contribution in [0.5, 0.6) is 0 Å². The maximum Gasteiger partial charge on any atom is 0.418 e. The van der Waals surface area contributed by atoms with Gasteiger partial charge in [0.1, 0.15) is 0 Å². The molecule has 0 fully saturated rings. The van der Waals surface area contributed by atoms with Gasteiger partial charge in [0.15, 0.2) is 0 Å². The average Bonchev–Trinajstić information content (AvgIpc) is 2.23. The van der Waals surface area contributed by atoms with Gasteiger partial charge < -0.3 is 4.74 Å². The van der Waals surface area contributed by atoms with Crippen LogP contribution in [0.25, 0.3) is 0 Å². The first-order valence-electron chi connectivity index (χ1n) is 4.54. The van der Waals surface area contributed by atoms with Crippen molar-refractivity contribution in [3.63, 3.8) is 0 Å². The van der Waals surface area contributed by atoms with E-state index < -0.39 is 39.5 Å². The zero-order valence-corrected chi connectivity index (χ0v) is 10.7. The molecule has 0 amide bonds. The topological polar surface area (TPSA) is 26.3 Å². The maximum atomic E-state index is 12.6. The molecule has 1 rings (SSSR count). The molecule has 0 atom stereocenters. The van der Waals surface area contributed by atoms with Gasteiger partial charge in [-0.1, -0.05) is 15.9 Å². The summed E-state index contributed by atoms with van der Waals surface area (Å²) in [5.74, 6) is -1.17. The molecule has 1 aromatic rings. The third-order valence-corrected chi connectivity index (χ3v) is 2.73. The van der Waals surface area contributed by atoms with Gasteiger partial charge in [-0.25, -0.2) is 4.79 Å². The largest absolute Gasteiger partial charge is 0.465 e. The van der Waals surface area contributed by atoms with E-state index in [0.29, 0.717) is 6.07 Å². The molecule has 0 aliphatic carbocycles. The molecule has 0 bridgehead atoms. The summed E-state index contributed by atoms with van der Waals surface area (Å²) in [6.45, 7) is 0. The Hall–Kier alpha value is -1.25. The highest BCUT2D eigenvalue weighted by molar-refractivity contribution is 9.10. The van der Waals surface area contributed by atoms with E-state index in [2.05, 4.69) is 20.7 Å². The third kappa shape index (κ3) is 3.40. The number of carbonyl (C=O) groups excluding carboxylic acids is 1. The van der Waals surface area contributed by atoms with E-state index in [1.165, 1.54) is 0 Å². The second-order valence-corrected chi connectivity index (χ2v) is 4.22. The fourth-order valence-electron chi connectivity index (χ4n) is 1.35. The Bertz CT molecular complexity index is 506. The number of hydrogen-bond donors (Lipinski definition) is 0. The molecule has 2 nitrogen and oxygen atoms in total. The average molecular weight is 351 g/mol. The van der Waals surface area contributed by atoms with Gasteiger partial charge in [-0.15, -0.1) is 0 Å². The smallest absolute Gasteiger partial charge is 0.418 e. The fourth-order valence-corrected chi connectivity index (χ4v) is 2.04. The van der Waals surface area contributed by atoms with Crippen LogP contribution >= 0.6 is 15.9 Å². The first-order valence-corrected chi connectivity index (χ1v) is 5.34. The molecule has 0 heterocycles. The minimum atomic E-state index is -5.25. The predicted octanol–water partition coefficient (Wildman–Crippen LogP) is 4.27. The van der Waals surface area contributed by atoms with Gasteiger partial charge in [0.25, 0.3) is 0 Å². The van der Waals surface area contributed by atoms with Crippen LogP contribution in [-0.2, 0) is 17.1 Å². The minimum Gasteiger partial charge on any atom is -0.465 e. The number of esters is 1. The predicted molar refractivity (Wildman–Crippen MR) is 55.5 cm³/mol. The summed E-state index contributed by atoms with van der Waals surface area (Å²) in [5, 5.41) is 0. The Morgan fingerprint density at radius 3 is 2.00 bits per heavy atom. The number of rotatable bonds is 1. The molecule has 19 heavy (non-hydrogen) atoms. The van der Waals surface area contributed by atoms with Crippen LogP contribution in [-0.4, -0.2) is 13.1 Å². The third-order valence-electron chi connectivity index (χ3n) is 2.10. The van der Waals surface area contributed by atoms with Crippen LogP contribution in [0.15, 0.2) is 16.6 Å². The van der Waals surface area contributed by atoms with Crippen molar-refractivity contribution >= 4 is 21.9 Å². The van der Waals surface area contributed by atoms with Crippen LogP contribution in [0.2, 0.25) is 0 Å². The van der Waals surface area contributed by atoms with Gasteiger partial charge in [-0.2, -0.15) is 26.3 Å². The summed E-state index contributed by atoms with van der Waals surface area (Å²) in [5.41, 5.74) is -4.46. The highest BCUT2D eigenvalue weighted by Crippen LogP contribution is 2.44. The van der Waals surface area contributed by atoms with E-state index >= 15 is 0 Å². The molecular weight excluding hydrogens is 346 g/mol. The van der Waals surface area contributed by atoms with Gasteiger partial charge in [0.2, 0.25) is 0 Å². The normalized spacial score (nSPS) is 12.4. The lowest BCUT2D eigenvalue weighted by molar-refractivity contribution is -0.162. The summed E-state index contributed by atoms with van der Waals surface area (Å²) >= 11 is 2.40. The summed E-state index contributed by atoms with van der Waals surface area (Å²) < 4.78 is 79.0. The zero-order valence-electron chi connectivity index (χ0n) is 9.12. The van der Waals surface area contributed by atoms with Crippen LogP contribution < -0.4 is 0 Å². The Morgan fingerprint density at radius 2 is 1.63 bits per heavy atom. The SMILES string of the molecule is COC(=O)c1cc(Br)c(C(F)(F)F)c(C(F)(F)F)c1. The number of hydrogen-bond acceptors (Lipinski definition) is 2. The second-order valence-electron chi connectivity index (χ2n) is 3.37. The van der Waals surface area contributed by atoms with Crippen molar-refractivity contribution in [1.82, 2.24) is 0 Å². The van der Waals surface area contributed by atoms with Crippen molar-refractivity contribution < 1.29 is 35.9 Å². The van der Waals surface area contributed by atoms with E-state index in [-0.39, 0.29) is 6.07 Å². The van der Waals surface area contributed by atoms with Crippen molar-refractivity contribution in [3.8, 4) is 0 Å². The lowest BCUT2D eigenvalue weighted by Gasteiger charge is -2.18. The monoisotopic (exact) mass is 350 g/mol. The van der Waals surface area contributed by atoms with Crippen LogP contribution in [0.4, 0.5) is 26.3 Å². The van der Waals surface area contributed by atoms with Gasteiger partial charge in [0, 0.05) is 4.47 Å². The van der Waals surface area contributed by atoms with Crippen molar-refractivity contribution in [3.05, 3.63) is 33.3 Å². The number of carbonyl (C=O) groups is 1. The molecule has 9 heteroatoms. The lowest BCUT2D eigenvalue weighted by atomic mass is 10.0. The Labute approximate surface area is 111 Å². The number of ether oxygens (including phenoxy) is 1. The Morgan fingerprint density at radius 1 is 1.11 bits per heavy atom. The fraction of sp³-hybridized carbons (Fsp3) is 0.300. The van der Waals surface area contributed by atoms with Crippen molar-refractivity contribution in [2.24, 2.45) is 0 Å². The van der Waals surface area contributed by atoms with Gasteiger partial charge >= 0.3 is 18.3 Å². The van der Waals surface area contributed by atoms with Crippen molar-refractivity contribution in [2.75, 3.05) is 7.11 Å². The zero-order chi connectivity index (χ0) is 15.0. The molecular formula is C10H5BrF6O2. The molecule has 0 saturated heterocycles. The van der Waals surface area contributed by atoms with E-state index in [0.717, 1.165) is 7.11 Å². The van der Waals surface area contributed by atoms with E-state index in [1.807, 2.05) is 0 Å². The first-order chi connectivity index (χ1) is 8.48. The molecule has 106 valence electrons. The second kappa shape index (κ2) is 5.03. The van der Waals surface area contributed by atoms with Gasteiger partial charge in [-0.3, -0.25) is 0 Å². The van der Waals surface area contributed by atoms with E-state index in [1.54, 1.807) is 0 Å². The molecule has 0 N–H and O–H groups in total. The molecule has 0 radical (unpaired) electrons. The maximum absolute atomic E-state index is 12.6. The van der Waals surface area contributed by atoms with Gasteiger partial charge in [-0.05, 0) is 12.1 Å². The van der Waals surface area contributed by atoms with E-state index in [4.69, 9.17) is 0 Å². The number of alkyl halides is 6. The molecule has 0 aromatic heterocycles.